The van der Waals surface area contributed by atoms with Crippen LogP contribution in [0.2, 0.25) is 0 Å². The molecule has 3 aromatic rings. The molecule has 0 aliphatic carbocycles. The van der Waals surface area contributed by atoms with E-state index in [1.807, 2.05) is 59.2 Å². The minimum Gasteiger partial charge on any atom is -0.445 e. The SMILES string of the molecule is CN1CCCC(c2nc3ccccc3c(=O)n2CC(C)(C)C)C1CCNC(=O)OCc1ccccc1. The number of carbonyl (C=O) groups is 1. The average molecular weight is 491 g/mol. The molecule has 0 spiro atoms. The van der Waals surface area contributed by atoms with Gasteiger partial charge in [0, 0.05) is 25.0 Å². The maximum absolute atomic E-state index is 13.6. The van der Waals surface area contributed by atoms with Crippen LogP contribution in [0.15, 0.2) is 59.4 Å². The lowest BCUT2D eigenvalue weighted by molar-refractivity contribution is 0.128. The Labute approximate surface area is 213 Å². The Morgan fingerprint density at radius 2 is 1.83 bits per heavy atom. The average Bonchev–Trinajstić information content (AvgIpc) is 2.85. The smallest absolute Gasteiger partial charge is 0.407 e. The van der Waals surface area contributed by atoms with E-state index < -0.39 is 6.09 Å². The summed E-state index contributed by atoms with van der Waals surface area (Å²) in [5.41, 5.74) is 1.67. The topological polar surface area (TPSA) is 76.5 Å². The largest absolute Gasteiger partial charge is 0.445 e. The minimum absolute atomic E-state index is 0.0279. The molecule has 2 aromatic carbocycles. The van der Waals surface area contributed by atoms with E-state index in [1.54, 1.807) is 0 Å². The van der Waals surface area contributed by atoms with Crippen molar-refractivity contribution < 1.29 is 9.53 Å². The fourth-order valence-electron chi connectivity index (χ4n) is 5.14. The highest BCUT2D eigenvalue weighted by molar-refractivity contribution is 5.77. The third kappa shape index (κ3) is 6.32. The fourth-order valence-corrected chi connectivity index (χ4v) is 5.14. The number of likely N-dealkylation sites (N-methyl/N-ethyl adjacent to an activating group) is 1. The Morgan fingerprint density at radius 3 is 2.58 bits per heavy atom. The standard InChI is InChI=1S/C29H38N4O3/c1-29(2,3)20-33-26(31-24-15-9-8-13-22(24)27(33)34)23-14-10-18-32(4)25(23)16-17-30-28(35)36-19-21-11-6-5-7-12-21/h5-9,11-13,15,23,25H,10,14,16-20H2,1-4H3,(H,30,35). The highest BCUT2D eigenvalue weighted by atomic mass is 16.5. The molecule has 1 aliphatic rings. The van der Waals surface area contributed by atoms with E-state index >= 15 is 0 Å². The van der Waals surface area contributed by atoms with Crippen LogP contribution in [0.1, 0.15) is 57.3 Å². The number of nitrogens with zero attached hydrogens (tertiary/aromatic N) is 3. The van der Waals surface area contributed by atoms with Crippen molar-refractivity contribution in [2.75, 3.05) is 20.1 Å². The van der Waals surface area contributed by atoms with Crippen LogP contribution in [0.5, 0.6) is 0 Å². The third-order valence-corrected chi connectivity index (χ3v) is 6.83. The molecule has 1 saturated heterocycles. The zero-order valence-corrected chi connectivity index (χ0v) is 21.9. The number of alkyl carbamates (subject to hydrolysis) is 1. The first-order valence-corrected chi connectivity index (χ1v) is 12.9. The number of hydrogen-bond donors (Lipinski definition) is 1. The van der Waals surface area contributed by atoms with Crippen molar-refractivity contribution in [3.05, 3.63) is 76.3 Å². The fraction of sp³-hybridized carbons (Fsp3) is 0.483. The summed E-state index contributed by atoms with van der Waals surface area (Å²) in [6.45, 7) is 8.78. The van der Waals surface area contributed by atoms with Gasteiger partial charge in [-0.05, 0) is 56.0 Å². The third-order valence-electron chi connectivity index (χ3n) is 6.83. The van der Waals surface area contributed by atoms with Gasteiger partial charge < -0.3 is 15.0 Å². The molecule has 1 fully saturated rings. The van der Waals surface area contributed by atoms with Crippen LogP contribution in [-0.2, 0) is 17.9 Å². The summed E-state index contributed by atoms with van der Waals surface area (Å²) in [5.74, 6) is 0.961. The van der Waals surface area contributed by atoms with Gasteiger partial charge in [0.1, 0.15) is 12.4 Å². The van der Waals surface area contributed by atoms with E-state index in [0.717, 1.165) is 42.7 Å². The van der Waals surface area contributed by atoms with Crippen molar-refractivity contribution >= 4 is 17.0 Å². The van der Waals surface area contributed by atoms with E-state index in [0.29, 0.717) is 18.5 Å². The van der Waals surface area contributed by atoms with E-state index in [2.05, 4.69) is 38.0 Å². The van der Waals surface area contributed by atoms with Crippen molar-refractivity contribution in [3.8, 4) is 0 Å². The van der Waals surface area contributed by atoms with Gasteiger partial charge in [0.2, 0.25) is 0 Å². The van der Waals surface area contributed by atoms with Gasteiger partial charge >= 0.3 is 6.09 Å². The Morgan fingerprint density at radius 1 is 1.11 bits per heavy atom. The Hall–Kier alpha value is -3.19. The number of hydrogen-bond acceptors (Lipinski definition) is 5. The first-order chi connectivity index (χ1) is 17.2. The van der Waals surface area contributed by atoms with Gasteiger partial charge in [0.05, 0.1) is 10.9 Å². The van der Waals surface area contributed by atoms with E-state index in [1.165, 1.54) is 0 Å². The molecule has 7 nitrogen and oxygen atoms in total. The highest BCUT2D eigenvalue weighted by Crippen LogP contribution is 2.33. The number of para-hydroxylation sites is 1. The van der Waals surface area contributed by atoms with Crippen LogP contribution < -0.4 is 10.9 Å². The van der Waals surface area contributed by atoms with E-state index in [4.69, 9.17) is 9.72 Å². The molecule has 0 bridgehead atoms. The van der Waals surface area contributed by atoms with Crippen molar-refractivity contribution in [2.45, 2.75) is 65.1 Å². The Kier molecular flexibility index (Phi) is 8.09. The lowest BCUT2D eigenvalue weighted by Gasteiger charge is -2.40. The first-order valence-electron chi connectivity index (χ1n) is 12.9. The molecule has 1 amide bonds. The van der Waals surface area contributed by atoms with Gasteiger partial charge in [-0.25, -0.2) is 9.78 Å². The molecular formula is C29H38N4O3. The molecule has 1 aromatic heterocycles. The normalized spacial score (nSPS) is 18.8. The lowest BCUT2D eigenvalue weighted by atomic mass is 9.85. The quantitative estimate of drug-likeness (QED) is 0.508. The number of piperidine rings is 1. The molecule has 1 aliphatic heterocycles. The monoisotopic (exact) mass is 490 g/mol. The molecule has 2 heterocycles. The predicted molar refractivity (Wildman–Crippen MR) is 143 cm³/mol. The summed E-state index contributed by atoms with van der Waals surface area (Å²) in [7, 11) is 2.12. The Balaban J connectivity index is 1.52. The Bertz CT molecular complexity index is 1230. The number of amides is 1. The summed E-state index contributed by atoms with van der Waals surface area (Å²) in [4.78, 5) is 33.3. The number of rotatable bonds is 7. The van der Waals surface area contributed by atoms with Crippen molar-refractivity contribution in [1.82, 2.24) is 19.8 Å². The van der Waals surface area contributed by atoms with Crippen molar-refractivity contribution in [2.24, 2.45) is 5.41 Å². The van der Waals surface area contributed by atoms with E-state index in [9.17, 15) is 9.59 Å². The number of aromatic nitrogens is 2. The van der Waals surface area contributed by atoms with Gasteiger partial charge in [0.15, 0.2) is 0 Å². The predicted octanol–water partition coefficient (Wildman–Crippen LogP) is 4.94. The zero-order chi connectivity index (χ0) is 25.7. The highest BCUT2D eigenvalue weighted by Gasteiger charge is 2.34. The summed E-state index contributed by atoms with van der Waals surface area (Å²) in [5, 5.41) is 3.57. The van der Waals surface area contributed by atoms with Crippen LogP contribution in [0, 0.1) is 5.41 Å². The van der Waals surface area contributed by atoms with Crippen molar-refractivity contribution in [1.29, 1.82) is 0 Å². The molecule has 7 heteroatoms. The molecule has 192 valence electrons. The molecule has 0 saturated carbocycles. The number of carbonyl (C=O) groups excluding carboxylic acids is 1. The van der Waals surface area contributed by atoms with Gasteiger partial charge in [-0.2, -0.15) is 0 Å². The summed E-state index contributed by atoms with van der Waals surface area (Å²) in [6, 6.07) is 17.4. The second kappa shape index (κ2) is 11.2. The number of benzene rings is 2. The van der Waals surface area contributed by atoms with Crippen LogP contribution >= 0.6 is 0 Å². The van der Waals surface area contributed by atoms with Crippen LogP contribution in [0.25, 0.3) is 10.9 Å². The maximum atomic E-state index is 13.6. The van der Waals surface area contributed by atoms with Gasteiger partial charge in [0.25, 0.3) is 5.56 Å². The van der Waals surface area contributed by atoms with Gasteiger partial charge in [-0.15, -0.1) is 0 Å². The first kappa shape index (κ1) is 25.9. The number of likely N-dealkylation sites (tertiary alicyclic amines) is 1. The summed E-state index contributed by atoms with van der Waals surface area (Å²) >= 11 is 0. The molecule has 2 atom stereocenters. The number of fused-ring (bicyclic) bond motifs is 1. The minimum atomic E-state index is -0.415. The molecular weight excluding hydrogens is 452 g/mol. The van der Waals surface area contributed by atoms with Gasteiger partial charge in [-0.3, -0.25) is 9.36 Å². The van der Waals surface area contributed by atoms with Crippen LogP contribution in [0.3, 0.4) is 0 Å². The summed E-state index contributed by atoms with van der Waals surface area (Å²) in [6.07, 6.45) is 2.34. The number of ether oxygens (including phenoxy) is 1. The molecule has 2 unspecified atom stereocenters. The van der Waals surface area contributed by atoms with Crippen LogP contribution in [-0.4, -0.2) is 46.7 Å². The lowest BCUT2D eigenvalue weighted by Crippen LogP contribution is -2.46. The second-order valence-electron chi connectivity index (χ2n) is 11.0. The van der Waals surface area contributed by atoms with E-state index in [-0.39, 0.29) is 29.5 Å². The van der Waals surface area contributed by atoms with Crippen LogP contribution in [0.4, 0.5) is 4.79 Å². The summed E-state index contributed by atoms with van der Waals surface area (Å²) < 4.78 is 7.28. The maximum Gasteiger partial charge on any atom is 0.407 e. The second-order valence-corrected chi connectivity index (χ2v) is 11.0. The van der Waals surface area contributed by atoms with Crippen molar-refractivity contribution in [3.63, 3.8) is 0 Å². The molecule has 1 N–H and O–H groups in total. The molecule has 4 rings (SSSR count). The molecule has 0 radical (unpaired) electrons. The molecule has 36 heavy (non-hydrogen) atoms. The number of nitrogens with one attached hydrogen (secondary N) is 1. The van der Waals surface area contributed by atoms with Gasteiger partial charge in [-0.1, -0.05) is 63.2 Å². The zero-order valence-electron chi connectivity index (χ0n) is 21.9.